The summed E-state index contributed by atoms with van der Waals surface area (Å²) in [5, 5.41) is 0. The Kier molecular flexibility index (Phi) is 5.54. The zero-order chi connectivity index (χ0) is 8.69. The molecule has 62 valence electrons. The van der Waals surface area contributed by atoms with Crippen LogP contribution in [0, 0.1) is 0 Å². The van der Waals surface area contributed by atoms with Gasteiger partial charge in [-0.2, -0.15) is 0 Å². The molecule has 0 aliphatic rings. The minimum absolute atomic E-state index is 1.09. The van der Waals surface area contributed by atoms with Gasteiger partial charge in [0, 0.05) is 0 Å². The first-order chi connectivity index (χ1) is 5.20. The van der Waals surface area contributed by atoms with Gasteiger partial charge in [-0.15, -0.1) is 0 Å². The van der Waals surface area contributed by atoms with Crippen molar-refractivity contribution in [1.82, 2.24) is 0 Å². The van der Waals surface area contributed by atoms with Crippen LogP contribution in [0.5, 0.6) is 0 Å². The standard InChI is InChI=1S/C11H18/c1-5-7-8-11(6-2)9-10(3)4/h7-9H,3,5-6H2,1-2,4H3/b8-7-,11-9+. The largest absolute Gasteiger partial charge is 0.0961 e. The fraction of sp³-hybridized carbons (Fsp3) is 0.455. The van der Waals surface area contributed by atoms with Crippen LogP contribution in [-0.4, -0.2) is 0 Å². The summed E-state index contributed by atoms with van der Waals surface area (Å²) in [6.45, 7) is 10.2. The van der Waals surface area contributed by atoms with E-state index in [-0.39, 0.29) is 0 Å². The molecule has 0 unspecified atom stereocenters. The van der Waals surface area contributed by atoms with Crippen molar-refractivity contribution in [3.63, 3.8) is 0 Å². The van der Waals surface area contributed by atoms with E-state index < -0.39 is 0 Å². The molecule has 0 aliphatic carbocycles. The second-order valence-corrected chi connectivity index (χ2v) is 2.73. The van der Waals surface area contributed by atoms with Crippen molar-refractivity contribution >= 4 is 0 Å². The topological polar surface area (TPSA) is 0 Å². The minimum Gasteiger partial charge on any atom is -0.0961 e. The van der Waals surface area contributed by atoms with Gasteiger partial charge in [-0.3, -0.25) is 0 Å². The third kappa shape index (κ3) is 5.65. The van der Waals surface area contributed by atoms with E-state index in [1.54, 1.807) is 0 Å². The van der Waals surface area contributed by atoms with E-state index in [1.807, 2.05) is 6.92 Å². The van der Waals surface area contributed by atoms with Gasteiger partial charge in [0.25, 0.3) is 0 Å². The molecular formula is C11H18. The Morgan fingerprint density at radius 3 is 2.36 bits per heavy atom. The normalized spacial score (nSPS) is 12.5. The molecule has 0 heterocycles. The van der Waals surface area contributed by atoms with Crippen molar-refractivity contribution in [3.05, 3.63) is 36.0 Å². The molecular weight excluding hydrogens is 132 g/mol. The Morgan fingerprint density at radius 2 is 2.00 bits per heavy atom. The van der Waals surface area contributed by atoms with Gasteiger partial charge < -0.3 is 0 Å². The van der Waals surface area contributed by atoms with Gasteiger partial charge in [-0.1, -0.05) is 44.2 Å². The maximum atomic E-state index is 3.84. The van der Waals surface area contributed by atoms with E-state index in [1.165, 1.54) is 5.57 Å². The number of hydrogen-bond donors (Lipinski definition) is 0. The summed E-state index contributed by atoms with van der Waals surface area (Å²) < 4.78 is 0. The summed E-state index contributed by atoms with van der Waals surface area (Å²) in [6, 6.07) is 0. The van der Waals surface area contributed by atoms with E-state index in [4.69, 9.17) is 0 Å². The quantitative estimate of drug-likeness (QED) is 0.534. The monoisotopic (exact) mass is 150 g/mol. The third-order valence-electron chi connectivity index (χ3n) is 1.41. The molecule has 0 fully saturated rings. The van der Waals surface area contributed by atoms with Crippen molar-refractivity contribution in [2.45, 2.75) is 33.6 Å². The lowest BCUT2D eigenvalue weighted by atomic mass is 10.1. The van der Waals surface area contributed by atoms with E-state index in [2.05, 4.69) is 38.7 Å². The van der Waals surface area contributed by atoms with Gasteiger partial charge in [-0.25, -0.2) is 0 Å². The van der Waals surface area contributed by atoms with E-state index in [0.29, 0.717) is 0 Å². The third-order valence-corrected chi connectivity index (χ3v) is 1.41. The van der Waals surface area contributed by atoms with Gasteiger partial charge in [0.2, 0.25) is 0 Å². The molecule has 0 saturated carbocycles. The van der Waals surface area contributed by atoms with Crippen LogP contribution in [0.15, 0.2) is 36.0 Å². The molecule has 0 bridgehead atoms. The summed E-state index contributed by atoms with van der Waals surface area (Å²) >= 11 is 0. The summed E-state index contributed by atoms with van der Waals surface area (Å²) in [7, 11) is 0. The highest BCUT2D eigenvalue weighted by molar-refractivity contribution is 5.26. The van der Waals surface area contributed by atoms with Gasteiger partial charge in [0.15, 0.2) is 0 Å². The van der Waals surface area contributed by atoms with Crippen molar-refractivity contribution in [2.75, 3.05) is 0 Å². The maximum Gasteiger partial charge on any atom is -0.0307 e. The summed E-state index contributed by atoms with van der Waals surface area (Å²) in [4.78, 5) is 0. The highest BCUT2D eigenvalue weighted by Gasteiger charge is 1.86. The summed E-state index contributed by atoms with van der Waals surface area (Å²) in [6.07, 6.45) is 8.68. The maximum absolute atomic E-state index is 3.84. The molecule has 0 N–H and O–H groups in total. The lowest BCUT2D eigenvalue weighted by Gasteiger charge is -1.95. The van der Waals surface area contributed by atoms with Crippen molar-refractivity contribution in [1.29, 1.82) is 0 Å². The molecule has 0 aliphatic heterocycles. The van der Waals surface area contributed by atoms with E-state index >= 15 is 0 Å². The molecule has 0 amide bonds. The lowest BCUT2D eigenvalue weighted by molar-refractivity contribution is 1.13. The van der Waals surface area contributed by atoms with Crippen LogP contribution in [0.2, 0.25) is 0 Å². The van der Waals surface area contributed by atoms with Crippen LogP contribution in [0.1, 0.15) is 33.6 Å². The first-order valence-electron chi connectivity index (χ1n) is 4.23. The Hall–Kier alpha value is -0.780. The molecule has 0 nitrogen and oxygen atoms in total. The minimum atomic E-state index is 1.09. The Bertz CT molecular complexity index is 170. The van der Waals surface area contributed by atoms with Crippen LogP contribution >= 0.6 is 0 Å². The predicted octanol–water partition coefficient (Wildman–Crippen LogP) is 3.87. The molecule has 0 aromatic carbocycles. The van der Waals surface area contributed by atoms with Gasteiger partial charge in [0.05, 0.1) is 0 Å². The average molecular weight is 150 g/mol. The number of rotatable bonds is 4. The van der Waals surface area contributed by atoms with Crippen LogP contribution in [0.25, 0.3) is 0 Å². The number of hydrogen-bond acceptors (Lipinski definition) is 0. The highest BCUT2D eigenvalue weighted by Crippen LogP contribution is 2.06. The fourth-order valence-corrected chi connectivity index (χ4v) is 0.854. The fourth-order valence-electron chi connectivity index (χ4n) is 0.854. The zero-order valence-electron chi connectivity index (χ0n) is 7.85. The van der Waals surface area contributed by atoms with Crippen LogP contribution < -0.4 is 0 Å². The molecule has 0 spiro atoms. The smallest absolute Gasteiger partial charge is 0.0307 e. The summed E-state index contributed by atoms with van der Waals surface area (Å²) in [5.74, 6) is 0. The Labute approximate surface area is 70.3 Å². The molecule has 0 radical (unpaired) electrons. The Balaban J connectivity index is 4.16. The second-order valence-electron chi connectivity index (χ2n) is 2.73. The molecule has 0 heteroatoms. The lowest BCUT2D eigenvalue weighted by Crippen LogP contribution is -1.75. The van der Waals surface area contributed by atoms with Crippen molar-refractivity contribution < 1.29 is 0 Å². The second kappa shape index (κ2) is 5.96. The first-order valence-corrected chi connectivity index (χ1v) is 4.23. The zero-order valence-corrected chi connectivity index (χ0v) is 7.85. The van der Waals surface area contributed by atoms with Gasteiger partial charge >= 0.3 is 0 Å². The molecule has 0 rings (SSSR count). The van der Waals surface area contributed by atoms with Crippen LogP contribution in [0.3, 0.4) is 0 Å². The molecule has 0 aromatic rings. The predicted molar refractivity (Wildman–Crippen MR) is 52.6 cm³/mol. The van der Waals surface area contributed by atoms with E-state index in [9.17, 15) is 0 Å². The first kappa shape index (κ1) is 10.2. The number of allylic oxidation sites excluding steroid dienone is 5. The van der Waals surface area contributed by atoms with Crippen molar-refractivity contribution in [3.8, 4) is 0 Å². The SMILES string of the molecule is C=C(C)/C=C(/C=C\CC)CC. The highest BCUT2D eigenvalue weighted by atomic mass is 13.9. The van der Waals surface area contributed by atoms with Crippen LogP contribution in [-0.2, 0) is 0 Å². The van der Waals surface area contributed by atoms with Gasteiger partial charge in [-0.05, 0) is 25.3 Å². The molecule has 11 heavy (non-hydrogen) atoms. The van der Waals surface area contributed by atoms with E-state index in [0.717, 1.165) is 18.4 Å². The molecule has 0 atom stereocenters. The Morgan fingerprint density at radius 1 is 1.36 bits per heavy atom. The summed E-state index contributed by atoms with van der Waals surface area (Å²) in [5.41, 5.74) is 2.49. The van der Waals surface area contributed by atoms with Crippen molar-refractivity contribution in [2.24, 2.45) is 0 Å². The average Bonchev–Trinajstić information content (AvgIpc) is 1.97. The van der Waals surface area contributed by atoms with Gasteiger partial charge in [0.1, 0.15) is 0 Å². The molecule has 0 saturated heterocycles. The van der Waals surface area contributed by atoms with Crippen LogP contribution in [0.4, 0.5) is 0 Å². The molecule has 0 aromatic heterocycles.